The third-order valence-electron chi connectivity index (χ3n) is 3.18. The van der Waals surface area contributed by atoms with Crippen LogP contribution in [0.4, 0.5) is 0 Å². The molecule has 2 rings (SSSR count). The molecular formula is C13H20N2O2. The van der Waals surface area contributed by atoms with E-state index in [1.54, 1.807) is 6.07 Å². The quantitative estimate of drug-likeness (QED) is 0.832. The van der Waals surface area contributed by atoms with E-state index >= 15 is 0 Å². The molecule has 0 amide bonds. The van der Waals surface area contributed by atoms with E-state index in [1.165, 1.54) is 5.56 Å². The Labute approximate surface area is 102 Å². The summed E-state index contributed by atoms with van der Waals surface area (Å²) in [6.07, 6.45) is 0. The zero-order valence-corrected chi connectivity index (χ0v) is 10.4. The number of piperazine rings is 1. The van der Waals surface area contributed by atoms with Crippen LogP contribution in [0.3, 0.4) is 0 Å². The Morgan fingerprint density at radius 1 is 1.53 bits per heavy atom. The van der Waals surface area contributed by atoms with Gasteiger partial charge in [0.25, 0.3) is 0 Å². The van der Waals surface area contributed by atoms with Gasteiger partial charge in [0, 0.05) is 25.7 Å². The molecule has 1 aliphatic rings. The highest BCUT2D eigenvalue weighted by Gasteiger charge is 2.21. The van der Waals surface area contributed by atoms with Crippen LogP contribution >= 0.6 is 0 Å². The Morgan fingerprint density at radius 3 is 3.06 bits per heavy atom. The Morgan fingerprint density at radius 2 is 2.35 bits per heavy atom. The molecule has 1 unspecified atom stereocenters. The molecule has 1 aromatic carbocycles. The van der Waals surface area contributed by atoms with Gasteiger partial charge >= 0.3 is 0 Å². The maximum absolute atomic E-state index is 9.68. The first kappa shape index (κ1) is 12.2. The molecular weight excluding hydrogens is 216 g/mol. The van der Waals surface area contributed by atoms with Gasteiger partial charge < -0.3 is 15.2 Å². The van der Waals surface area contributed by atoms with E-state index in [9.17, 15) is 5.11 Å². The van der Waals surface area contributed by atoms with Crippen LogP contribution in [-0.4, -0.2) is 43.3 Å². The average Bonchev–Trinajstić information content (AvgIpc) is 2.33. The van der Waals surface area contributed by atoms with E-state index in [0.29, 0.717) is 18.4 Å². The van der Waals surface area contributed by atoms with Crippen LogP contribution < -0.4 is 10.1 Å². The monoisotopic (exact) mass is 236 g/mol. The summed E-state index contributed by atoms with van der Waals surface area (Å²) in [6.45, 7) is 5.49. The van der Waals surface area contributed by atoms with E-state index in [1.807, 2.05) is 19.1 Å². The normalized spacial score (nSPS) is 21.4. The molecule has 94 valence electrons. The lowest BCUT2D eigenvalue weighted by atomic mass is 10.0. The van der Waals surface area contributed by atoms with Gasteiger partial charge in [-0.05, 0) is 31.7 Å². The summed E-state index contributed by atoms with van der Waals surface area (Å²) in [4.78, 5) is 2.32. The fraction of sp³-hybridized carbons (Fsp3) is 0.538. The van der Waals surface area contributed by atoms with Crippen molar-refractivity contribution in [2.45, 2.75) is 13.0 Å². The van der Waals surface area contributed by atoms with Gasteiger partial charge in [-0.1, -0.05) is 6.07 Å². The van der Waals surface area contributed by atoms with Crippen molar-refractivity contribution in [1.82, 2.24) is 10.2 Å². The highest BCUT2D eigenvalue weighted by Crippen LogP contribution is 2.31. The Bertz CT molecular complexity index is 382. The lowest BCUT2D eigenvalue weighted by Crippen LogP contribution is -2.43. The van der Waals surface area contributed by atoms with Gasteiger partial charge in [-0.15, -0.1) is 0 Å². The summed E-state index contributed by atoms with van der Waals surface area (Å²) >= 11 is 0. The predicted octanol–water partition coefficient (Wildman–Crippen LogP) is 1.37. The molecule has 1 atom stereocenters. The van der Waals surface area contributed by atoms with Crippen molar-refractivity contribution >= 4 is 0 Å². The summed E-state index contributed by atoms with van der Waals surface area (Å²) in [5, 5.41) is 13.1. The predicted molar refractivity (Wildman–Crippen MR) is 67.5 cm³/mol. The van der Waals surface area contributed by atoms with Crippen LogP contribution in [0.25, 0.3) is 0 Å². The van der Waals surface area contributed by atoms with Crippen molar-refractivity contribution in [1.29, 1.82) is 0 Å². The molecule has 0 aliphatic carbocycles. The third-order valence-corrected chi connectivity index (χ3v) is 3.18. The molecule has 17 heavy (non-hydrogen) atoms. The fourth-order valence-corrected chi connectivity index (χ4v) is 2.19. The molecule has 4 heteroatoms. The van der Waals surface area contributed by atoms with Gasteiger partial charge in [0.15, 0.2) is 11.5 Å². The summed E-state index contributed by atoms with van der Waals surface area (Å²) in [5.74, 6) is 0.783. The zero-order valence-electron chi connectivity index (χ0n) is 10.4. The average molecular weight is 236 g/mol. The van der Waals surface area contributed by atoms with Crippen LogP contribution in [0.2, 0.25) is 0 Å². The number of nitrogens with one attached hydrogen (secondary N) is 1. The third kappa shape index (κ3) is 2.70. The van der Waals surface area contributed by atoms with E-state index < -0.39 is 0 Å². The van der Waals surface area contributed by atoms with Gasteiger partial charge in [-0.3, -0.25) is 4.90 Å². The lowest BCUT2D eigenvalue weighted by Gasteiger charge is -2.33. The summed E-state index contributed by atoms with van der Waals surface area (Å²) in [6, 6.07) is 5.96. The van der Waals surface area contributed by atoms with Crippen molar-refractivity contribution in [3.63, 3.8) is 0 Å². The second-order valence-electron chi connectivity index (χ2n) is 4.36. The largest absolute Gasteiger partial charge is 0.504 e. The van der Waals surface area contributed by atoms with Crippen molar-refractivity contribution < 1.29 is 9.84 Å². The molecule has 1 aliphatic heterocycles. The van der Waals surface area contributed by atoms with Crippen LogP contribution in [0, 0.1) is 0 Å². The van der Waals surface area contributed by atoms with E-state index in [-0.39, 0.29) is 5.75 Å². The summed E-state index contributed by atoms with van der Waals surface area (Å²) in [5.41, 5.74) is 1.18. The van der Waals surface area contributed by atoms with Crippen LogP contribution in [0.15, 0.2) is 18.2 Å². The van der Waals surface area contributed by atoms with Crippen LogP contribution in [-0.2, 0) is 0 Å². The van der Waals surface area contributed by atoms with E-state index in [4.69, 9.17) is 4.74 Å². The first-order chi connectivity index (χ1) is 8.22. The van der Waals surface area contributed by atoms with E-state index in [0.717, 1.165) is 19.6 Å². The number of nitrogens with zero attached hydrogens (tertiary/aromatic N) is 1. The molecule has 1 aromatic rings. The lowest BCUT2D eigenvalue weighted by molar-refractivity contribution is 0.201. The zero-order chi connectivity index (χ0) is 12.3. The van der Waals surface area contributed by atoms with Crippen molar-refractivity contribution in [3.8, 4) is 11.5 Å². The number of ether oxygens (including phenoxy) is 1. The van der Waals surface area contributed by atoms with Crippen molar-refractivity contribution in [3.05, 3.63) is 23.8 Å². The second-order valence-corrected chi connectivity index (χ2v) is 4.36. The molecule has 1 fully saturated rings. The number of likely N-dealkylation sites (N-methyl/N-ethyl adjacent to an activating group) is 1. The maximum Gasteiger partial charge on any atom is 0.161 e. The molecule has 4 nitrogen and oxygen atoms in total. The number of rotatable bonds is 3. The Kier molecular flexibility index (Phi) is 3.86. The minimum absolute atomic E-state index is 0.210. The molecule has 0 aromatic heterocycles. The van der Waals surface area contributed by atoms with Crippen LogP contribution in [0.1, 0.15) is 18.5 Å². The van der Waals surface area contributed by atoms with Gasteiger partial charge in [-0.2, -0.15) is 0 Å². The molecule has 0 bridgehead atoms. The molecule has 1 heterocycles. The molecule has 1 saturated heterocycles. The summed E-state index contributed by atoms with van der Waals surface area (Å²) in [7, 11) is 2.12. The van der Waals surface area contributed by atoms with Gasteiger partial charge in [0.2, 0.25) is 0 Å². The Hall–Kier alpha value is -1.26. The number of benzene rings is 1. The van der Waals surface area contributed by atoms with Gasteiger partial charge in [-0.25, -0.2) is 0 Å². The maximum atomic E-state index is 9.68. The molecule has 0 spiro atoms. The fourth-order valence-electron chi connectivity index (χ4n) is 2.19. The number of hydrogen-bond donors (Lipinski definition) is 2. The number of phenols is 1. The molecule has 0 radical (unpaired) electrons. The smallest absolute Gasteiger partial charge is 0.161 e. The highest BCUT2D eigenvalue weighted by atomic mass is 16.5. The Balaban J connectivity index is 2.22. The second kappa shape index (κ2) is 5.38. The standard InChI is InChI=1S/C13H20N2O2/c1-3-17-13-8-10(4-5-12(13)16)11-9-14-6-7-15(11)2/h4-5,8,11,14,16H,3,6-7,9H2,1-2H3. The molecule has 2 N–H and O–H groups in total. The number of phenolic OH excluding ortho intramolecular Hbond substituents is 1. The van der Waals surface area contributed by atoms with Crippen molar-refractivity contribution in [2.75, 3.05) is 33.3 Å². The first-order valence-corrected chi connectivity index (χ1v) is 6.09. The number of hydrogen-bond acceptors (Lipinski definition) is 4. The highest BCUT2D eigenvalue weighted by molar-refractivity contribution is 5.43. The van der Waals surface area contributed by atoms with Gasteiger partial charge in [0.05, 0.1) is 6.61 Å². The van der Waals surface area contributed by atoms with Crippen molar-refractivity contribution in [2.24, 2.45) is 0 Å². The minimum Gasteiger partial charge on any atom is -0.504 e. The number of aromatic hydroxyl groups is 1. The minimum atomic E-state index is 0.210. The first-order valence-electron chi connectivity index (χ1n) is 6.09. The molecule has 0 saturated carbocycles. The topological polar surface area (TPSA) is 44.7 Å². The summed E-state index contributed by atoms with van der Waals surface area (Å²) < 4.78 is 5.41. The van der Waals surface area contributed by atoms with Crippen LogP contribution in [0.5, 0.6) is 11.5 Å². The SMILES string of the molecule is CCOc1cc(C2CNCCN2C)ccc1O. The van der Waals surface area contributed by atoms with E-state index in [2.05, 4.69) is 17.3 Å². The van der Waals surface area contributed by atoms with Gasteiger partial charge in [0.1, 0.15) is 0 Å².